The van der Waals surface area contributed by atoms with E-state index in [-0.39, 0.29) is 5.91 Å². The van der Waals surface area contributed by atoms with Crippen LogP contribution in [0, 0.1) is 5.82 Å². The second-order valence-electron chi connectivity index (χ2n) is 8.50. The predicted octanol–water partition coefficient (Wildman–Crippen LogP) is 3.81. The smallest absolute Gasteiger partial charge is 0.412 e. The van der Waals surface area contributed by atoms with Crippen LogP contribution in [0.15, 0.2) is 54.9 Å². The summed E-state index contributed by atoms with van der Waals surface area (Å²) in [5.41, 5.74) is 3.20. The zero-order chi connectivity index (χ0) is 23.3. The Balaban J connectivity index is 1.63. The van der Waals surface area contributed by atoms with Gasteiger partial charge < -0.3 is 15.3 Å². The van der Waals surface area contributed by atoms with Gasteiger partial charge in [0.15, 0.2) is 0 Å². The van der Waals surface area contributed by atoms with Gasteiger partial charge in [-0.2, -0.15) is 5.10 Å². The van der Waals surface area contributed by atoms with Gasteiger partial charge in [-0.05, 0) is 42.3 Å². The molecule has 1 aromatic heterocycles. The van der Waals surface area contributed by atoms with E-state index in [1.54, 1.807) is 42.3 Å². The second-order valence-corrected chi connectivity index (χ2v) is 8.50. The molecule has 0 bridgehead atoms. The first kappa shape index (κ1) is 21.1. The van der Waals surface area contributed by atoms with E-state index < -0.39 is 24.0 Å². The first-order valence-electron chi connectivity index (χ1n) is 10.8. The van der Waals surface area contributed by atoms with E-state index >= 15 is 0 Å². The molecule has 1 fully saturated rings. The fraction of sp³-hybridized carbons (Fsp3) is 0.292. The zero-order valence-electron chi connectivity index (χ0n) is 18.3. The molecular formula is C24H24FN5O3. The van der Waals surface area contributed by atoms with Crippen molar-refractivity contribution in [1.82, 2.24) is 15.1 Å². The van der Waals surface area contributed by atoms with Crippen LogP contribution in [0.1, 0.15) is 31.5 Å². The summed E-state index contributed by atoms with van der Waals surface area (Å²) in [6.45, 7) is 4.99. The molecule has 9 heteroatoms. The van der Waals surface area contributed by atoms with E-state index in [2.05, 4.69) is 10.4 Å². The minimum Gasteiger partial charge on any atom is -0.465 e. The predicted molar refractivity (Wildman–Crippen MR) is 122 cm³/mol. The monoisotopic (exact) mass is 449 g/mol. The standard InChI is InChI=1S/C24H24FN5O3/c1-14-23(16-3-6-19(25)7-4-16)30(24(32)33)22-9-17(5-8-21(22)29(14)15(2)31)18-10-27-28(13-18)20-11-26-12-20/h3-10,13-14,20,23,26H,11-12H2,1-2H3,(H,32,33)/t14-,23?/m0/s1. The van der Waals surface area contributed by atoms with Crippen molar-refractivity contribution in [3.8, 4) is 11.1 Å². The molecular weight excluding hydrogens is 425 g/mol. The summed E-state index contributed by atoms with van der Waals surface area (Å²) < 4.78 is 15.5. The molecule has 0 saturated carbocycles. The number of amides is 2. The SMILES string of the molecule is CC(=O)N1c2ccc(-c3cnn(C4CNC4)c3)cc2N(C(=O)O)C(c2ccc(F)cc2)[C@@H]1C. The van der Waals surface area contributed by atoms with Gasteiger partial charge in [0.25, 0.3) is 0 Å². The van der Waals surface area contributed by atoms with Crippen molar-refractivity contribution in [1.29, 1.82) is 0 Å². The molecule has 0 spiro atoms. The largest absolute Gasteiger partial charge is 0.465 e. The number of carbonyl (C=O) groups excluding carboxylic acids is 1. The lowest BCUT2D eigenvalue weighted by molar-refractivity contribution is -0.117. The molecule has 170 valence electrons. The van der Waals surface area contributed by atoms with E-state index in [0.29, 0.717) is 23.0 Å². The number of benzene rings is 2. The molecule has 2 aliphatic heterocycles. The Hall–Kier alpha value is -3.72. The van der Waals surface area contributed by atoms with Crippen LogP contribution in [0.4, 0.5) is 20.6 Å². The van der Waals surface area contributed by atoms with Gasteiger partial charge in [-0.3, -0.25) is 14.4 Å². The minimum absolute atomic E-state index is 0.195. The van der Waals surface area contributed by atoms with Gasteiger partial charge in [-0.1, -0.05) is 18.2 Å². The normalized spacial score (nSPS) is 20.3. The van der Waals surface area contributed by atoms with Crippen LogP contribution in [0.25, 0.3) is 11.1 Å². The van der Waals surface area contributed by atoms with Gasteiger partial charge in [0.05, 0.1) is 35.7 Å². The topological polar surface area (TPSA) is 90.7 Å². The third kappa shape index (κ3) is 3.54. The molecule has 1 saturated heterocycles. The molecule has 33 heavy (non-hydrogen) atoms. The number of anilines is 2. The Morgan fingerprint density at radius 3 is 2.39 bits per heavy atom. The van der Waals surface area contributed by atoms with Crippen molar-refractivity contribution in [2.75, 3.05) is 22.9 Å². The van der Waals surface area contributed by atoms with Gasteiger partial charge >= 0.3 is 6.09 Å². The average Bonchev–Trinajstić information content (AvgIpc) is 3.21. The molecule has 5 rings (SSSR count). The van der Waals surface area contributed by atoms with Crippen LogP contribution in [0.5, 0.6) is 0 Å². The van der Waals surface area contributed by atoms with Gasteiger partial charge in [0.2, 0.25) is 5.91 Å². The van der Waals surface area contributed by atoms with Crippen LogP contribution < -0.4 is 15.1 Å². The third-order valence-electron chi connectivity index (χ3n) is 6.46. The fourth-order valence-electron chi connectivity index (χ4n) is 4.74. The van der Waals surface area contributed by atoms with E-state index in [1.165, 1.54) is 24.0 Å². The van der Waals surface area contributed by atoms with Gasteiger partial charge in [0.1, 0.15) is 5.82 Å². The summed E-state index contributed by atoms with van der Waals surface area (Å²) in [5, 5.41) is 17.9. The Morgan fingerprint density at radius 2 is 1.79 bits per heavy atom. The van der Waals surface area contributed by atoms with Crippen LogP contribution in [-0.4, -0.2) is 46.0 Å². The number of nitrogens with one attached hydrogen (secondary N) is 1. The third-order valence-corrected chi connectivity index (χ3v) is 6.46. The van der Waals surface area contributed by atoms with Crippen LogP contribution in [-0.2, 0) is 4.79 Å². The van der Waals surface area contributed by atoms with E-state index in [1.807, 2.05) is 16.9 Å². The Morgan fingerprint density at radius 1 is 1.06 bits per heavy atom. The highest BCUT2D eigenvalue weighted by molar-refractivity contribution is 6.03. The van der Waals surface area contributed by atoms with Crippen LogP contribution in [0.2, 0.25) is 0 Å². The number of rotatable bonds is 3. The number of carbonyl (C=O) groups is 2. The Kier molecular flexibility index (Phi) is 5.13. The number of fused-ring (bicyclic) bond motifs is 1. The summed E-state index contributed by atoms with van der Waals surface area (Å²) in [6.07, 6.45) is 2.56. The molecule has 8 nitrogen and oxygen atoms in total. The van der Waals surface area contributed by atoms with Crippen molar-refractivity contribution in [3.05, 3.63) is 66.2 Å². The van der Waals surface area contributed by atoms with E-state index in [4.69, 9.17) is 0 Å². The summed E-state index contributed by atoms with van der Waals surface area (Å²) in [7, 11) is 0. The maximum Gasteiger partial charge on any atom is 0.412 e. The number of aromatic nitrogens is 2. The first-order valence-corrected chi connectivity index (χ1v) is 10.8. The number of hydrogen-bond acceptors (Lipinski definition) is 4. The molecule has 2 aromatic carbocycles. The summed E-state index contributed by atoms with van der Waals surface area (Å²) in [4.78, 5) is 28.0. The van der Waals surface area contributed by atoms with Crippen molar-refractivity contribution < 1.29 is 19.1 Å². The molecule has 2 aliphatic rings. The van der Waals surface area contributed by atoms with Crippen molar-refractivity contribution in [2.45, 2.75) is 32.0 Å². The average molecular weight is 449 g/mol. The number of nitrogens with zero attached hydrogens (tertiary/aromatic N) is 4. The lowest BCUT2D eigenvalue weighted by Gasteiger charge is -2.46. The maximum atomic E-state index is 13.6. The molecule has 0 aliphatic carbocycles. The Bertz CT molecular complexity index is 1220. The summed E-state index contributed by atoms with van der Waals surface area (Å²) >= 11 is 0. The van der Waals surface area contributed by atoms with Crippen molar-refractivity contribution in [3.63, 3.8) is 0 Å². The lowest BCUT2D eigenvalue weighted by atomic mass is 9.92. The number of halogens is 1. The van der Waals surface area contributed by atoms with E-state index in [0.717, 1.165) is 24.2 Å². The highest BCUT2D eigenvalue weighted by Gasteiger charge is 2.42. The highest BCUT2D eigenvalue weighted by atomic mass is 19.1. The van der Waals surface area contributed by atoms with Gasteiger partial charge in [-0.15, -0.1) is 0 Å². The van der Waals surface area contributed by atoms with Gasteiger partial charge in [0, 0.05) is 31.8 Å². The van der Waals surface area contributed by atoms with Crippen LogP contribution in [0.3, 0.4) is 0 Å². The van der Waals surface area contributed by atoms with Crippen LogP contribution >= 0.6 is 0 Å². The van der Waals surface area contributed by atoms with Crippen molar-refractivity contribution >= 4 is 23.4 Å². The molecule has 2 N–H and O–H groups in total. The van der Waals surface area contributed by atoms with Crippen molar-refractivity contribution in [2.24, 2.45) is 0 Å². The highest BCUT2D eigenvalue weighted by Crippen LogP contribution is 2.46. The maximum absolute atomic E-state index is 13.6. The molecule has 2 atom stereocenters. The second kappa shape index (κ2) is 8.00. The molecule has 3 aromatic rings. The Labute approximate surface area is 190 Å². The van der Waals surface area contributed by atoms with E-state index in [9.17, 15) is 19.1 Å². The summed E-state index contributed by atoms with van der Waals surface area (Å²) in [5.74, 6) is -0.604. The molecule has 3 heterocycles. The molecule has 0 radical (unpaired) electrons. The fourth-order valence-corrected chi connectivity index (χ4v) is 4.74. The lowest BCUT2D eigenvalue weighted by Crippen LogP contribution is -2.53. The summed E-state index contributed by atoms with van der Waals surface area (Å²) in [6, 6.07) is 10.3. The number of carboxylic acid groups (broad SMARTS) is 1. The minimum atomic E-state index is -1.14. The first-order chi connectivity index (χ1) is 15.8. The number of hydrogen-bond donors (Lipinski definition) is 2. The van der Waals surface area contributed by atoms with Gasteiger partial charge in [-0.25, -0.2) is 9.18 Å². The molecule has 2 amide bonds. The quantitative estimate of drug-likeness (QED) is 0.635. The zero-order valence-corrected chi connectivity index (χ0v) is 18.3. The molecule has 1 unspecified atom stereocenters.